The van der Waals surface area contributed by atoms with Gasteiger partial charge in [-0.2, -0.15) is 5.10 Å². The topological polar surface area (TPSA) is 47.1 Å². The SMILES string of the molecule is CC1CC(CN)CN1CCn1cccn1.Cl.Cl. The van der Waals surface area contributed by atoms with Gasteiger partial charge in [-0.3, -0.25) is 9.58 Å². The largest absolute Gasteiger partial charge is 0.330 e. The zero-order valence-electron chi connectivity index (χ0n) is 10.2. The fourth-order valence-electron chi connectivity index (χ4n) is 2.36. The van der Waals surface area contributed by atoms with Crippen LogP contribution in [0.2, 0.25) is 0 Å². The molecule has 1 fully saturated rings. The van der Waals surface area contributed by atoms with Gasteiger partial charge in [0, 0.05) is 31.5 Å². The number of rotatable bonds is 4. The van der Waals surface area contributed by atoms with Crippen molar-refractivity contribution < 1.29 is 0 Å². The third kappa shape index (κ3) is 4.47. The van der Waals surface area contributed by atoms with E-state index in [2.05, 4.69) is 16.9 Å². The highest BCUT2D eigenvalue weighted by Gasteiger charge is 2.27. The number of nitrogens with zero attached hydrogens (tertiary/aromatic N) is 3. The molecule has 2 unspecified atom stereocenters. The van der Waals surface area contributed by atoms with Gasteiger partial charge in [0.1, 0.15) is 0 Å². The van der Waals surface area contributed by atoms with Crippen molar-refractivity contribution in [3.63, 3.8) is 0 Å². The standard InChI is InChI=1S/C11H20N4.2ClH/c1-10-7-11(8-12)9-14(10)5-6-15-4-2-3-13-15;;/h2-4,10-11H,5-9,12H2,1H3;2*1H. The highest BCUT2D eigenvalue weighted by atomic mass is 35.5. The molecule has 1 aromatic rings. The van der Waals surface area contributed by atoms with Crippen LogP contribution < -0.4 is 5.73 Å². The normalized spacial score (nSPS) is 24.1. The molecule has 0 radical (unpaired) electrons. The predicted molar refractivity (Wildman–Crippen MR) is 74.9 cm³/mol. The number of aromatic nitrogens is 2. The summed E-state index contributed by atoms with van der Waals surface area (Å²) >= 11 is 0. The van der Waals surface area contributed by atoms with Crippen LogP contribution in [0.25, 0.3) is 0 Å². The quantitative estimate of drug-likeness (QED) is 0.907. The van der Waals surface area contributed by atoms with Crippen molar-refractivity contribution in [3.05, 3.63) is 18.5 Å². The van der Waals surface area contributed by atoms with Crippen LogP contribution in [0.15, 0.2) is 18.5 Å². The smallest absolute Gasteiger partial charge is 0.0536 e. The van der Waals surface area contributed by atoms with Crippen LogP contribution in [0.1, 0.15) is 13.3 Å². The zero-order chi connectivity index (χ0) is 10.7. The number of hydrogen-bond acceptors (Lipinski definition) is 3. The zero-order valence-corrected chi connectivity index (χ0v) is 11.8. The van der Waals surface area contributed by atoms with Gasteiger partial charge in [-0.15, -0.1) is 24.8 Å². The molecule has 1 aromatic heterocycles. The van der Waals surface area contributed by atoms with E-state index >= 15 is 0 Å². The highest BCUT2D eigenvalue weighted by molar-refractivity contribution is 5.85. The summed E-state index contributed by atoms with van der Waals surface area (Å²) in [5, 5.41) is 4.21. The lowest BCUT2D eigenvalue weighted by molar-refractivity contribution is 0.249. The molecular weight excluding hydrogens is 259 g/mol. The van der Waals surface area contributed by atoms with E-state index in [1.807, 2.05) is 23.1 Å². The first-order valence-corrected chi connectivity index (χ1v) is 5.71. The molecule has 2 N–H and O–H groups in total. The molecule has 6 heteroatoms. The summed E-state index contributed by atoms with van der Waals surface area (Å²) in [7, 11) is 0. The number of nitrogens with two attached hydrogens (primary N) is 1. The Balaban J connectivity index is 0.00000128. The summed E-state index contributed by atoms with van der Waals surface area (Å²) in [6, 6.07) is 2.64. The fourth-order valence-corrected chi connectivity index (χ4v) is 2.36. The van der Waals surface area contributed by atoms with E-state index in [4.69, 9.17) is 5.73 Å². The van der Waals surface area contributed by atoms with Crippen molar-refractivity contribution in [1.29, 1.82) is 0 Å². The Hall–Kier alpha value is -0.290. The molecule has 100 valence electrons. The van der Waals surface area contributed by atoms with Crippen LogP contribution in [0.3, 0.4) is 0 Å². The van der Waals surface area contributed by atoms with Crippen LogP contribution >= 0.6 is 24.8 Å². The van der Waals surface area contributed by atoms with E-state index in [1.165, 1.54) is 6.42 Å². The number of hydrogen-bond donors (Lipinski definition) is 1. The number of halogens is 2. The van der Waals surface area contributed by atoms with E-state index in [9.17, 15) is 0 Å². The summed E-state index contributed by atoms with van der Waals surface area (Å²) in [6.45, 7) is 6.33. The first-order chi connectivity index (χ1) is 7.29. The molecule has 1 saturated heterocycles. The van der Waals surface area contributed by atoms with Crippen LogP contribution in [0.4, 0.5) is 0 Å². The maximum absolute atomic E-state index is 5.70. The molecule has 0 saturated carbocycles. The van der Waals surface area contributed by atoms with Crippen LogP contribution in [0, 0.1) is 5.92 Å². The Morgan fingerprint density at radius 3 is 2.65 bits per heavy atom. The monoisotopic (exact) mass is 280 g/mol. The minimum atomic E-state index is 0. The van der Waals surface area contributed by atoms with Crippen LogP contribution in [0.5, 0.6) is 0 Å². The van der Waals surface area contributed by atoms with Crippen molar-refractivity contribution >= 4 is 24.8 Å². The van der Waals surface area contributed by atoms with Gasteiger partial charge in [0.2, 0.25) is 0 Å². The maximum Gasteiger partial charge on any atom is 0.0536 e. The summed E-state index contributed by atoms with van der Waals surface area (Å²) in [4.78, 5) is 2.51. The molecule has 2 atom stereocenters. The van der Waals surface area contributed by atoms with Gasteiger partial charge in [0.05, 0.1) is 6.54 Å². The fraction of sp³-hybridized carbons (Fsp3) is 0.727. The van der Waals surface area contributed by atoms with E-state index in [1.54, 1.807) is 0 Å². The second-order valence-electron chi connectivity index (χ2n) is 4.45. The van der Waals surface area contributed by atoms with Gasteiger partial charge >= 0.3 is 0 Å². The molecule has 0 aromatic carbocycles. The molecule has 1 aliphatic heterocycles. The number of likely N-dealkylation sites (tertiary alicyclic amines) is 1. The first-order valence-electron chi connectivity index (χ1n) is 5.71. The van der Waals surface area contributed by atoms with Gasteiger partial charge in [-0.25, -0.2) is 0 Å². The molecule has 2 heterocycles. The van der Waals surface area contributed by atoms with Gasteiger partial charge in [-0.05, 0) is 31.9 Å². The highest BCUT2D eigenvalue weighted by Crippen LogP contribution is 2.21. The Morgan fingerprint density at radius 1 is 1.35 bits per heavy atom. The predicted octanol–water partition coefficient (Wildman–Crippen LogP) is 1.40. The van der Waals surface area contributed by atoms with Crippen molar-refractivity contribution in [2.75, 3.05) is 19.6 Å². The van der Waals surface area contributed by atoms with E-state index in [0.29, 0.717) is 12.0 Å². The minimum Gasteiger partial charge on any atom is -0.330 e. The lowest BCUT2D eigenvalue weighted by atomic mass is 10.1. The molecule has 0 bridgehead atoms. The third-order valence-electron chi connectivity index (χ3n) is 3.30. The van der Waals surface area contributed by atoms with E-state index in [0.717, 1.165) is 26.2 Å². The van der Waals surface area contributed by atoms with Gasteiger partial charge < -0.3 is 5.73 Å². The Labute approximate surface area is 115 Å². The van der Waals surface area contributed by atoms with Gasteiger partial charge in [-0.1, -0.05) is 0 Å². The van der Waals surface area contributed by atoms with Crippen molar-refractivity contribution in [2.24, 2.45) is 11.7 Å². The molecule has 2 rings (SSSR count). The molecule has 4 nitrogen and oxygen atoms in total. The Morgan fingerprint density at radius 2 is 2.12 bits per heavy atom. The molecule has 0 aliphatic carbocycles. The Bertz CT molecular complexity index is 292. The average Bonchev–Trinajstić information content (AvgIpc) is 2.84. The summed E-state index contributed by atoms with van der Waals surface area (Å²) < 4.78 is 1.99. The van der Waals surface area contributed by atoms with Crippen molar-refractivity contribution in [1.82, 2.24) is 14.7 Å². The lowest BCUT2D eigenvalue weighted by Crippen LogP contribution is -2.31. The summed E-state index contributed by atoms with van der Waals surface area (Å²) in [5.74, 6) is 0.692. The molecule has 0 amide bonds. The lowest BCUT2D eigenvalue weighted by Gasteiger charge is -2.20. The molecular formula is C11H22Cl2N4. The van der Waals surface area contributed by atoms with Crippen molar-refractivity contribution in [3.8, 4) is 0 Å². The molecule has 0 spiro atoms. The van der Waals surface area contributed by atoms with Crippen LogP contribution in [-0.4, -0.2) is 40.4 Å². The average molecular weight is 281 g/mol. The van der Waals surface area contributed by atoms with Crippen molar-refractivity contribution in [2.45, 2.75) is 25.9 Å². The second kappa shape index (κ2) is 7.93. The third-order valence-corrected chi connectivity index (χ3v) is 3.30. The first kappa shape index (κ1) is 16.7. The molecule has 1 aliphatic rings. The van der Waals surface area contributed by atoms with E-state index in [-0.39, 0.29) is 24.8 Å². The van der Waals surface area contributed by atoms with Crippen LogP contribution in [-0.2, 0) is 6.54 Å². The van der Waals surface area contributed by atoms with E-state index < -0.39 is 0 Å². The molecule has 17 heavy (non-hydrogen) atoms. The minimum absolute atomic E-state index is 0. The van der Waals surface area contributed by atoms with Gasteiger partial charge in [0.15, 0.2) is 0 Å². The Kier molecular flexibility index (Phi) is 7.79. The summed E-state index contributed by atoms with van der Waals surface area (Å²) in [5.41, 5.74) is 5.70. The maximum atomic E-state index is 5.70. The second-order valence-corrected chi connectivity index (χ2v) is 4.45. The summed E-state index contributed by atoms with van der Waals surface area (Å²) in [6.07, 6.45) is 5.09. The van der Waals surface area contributed by atoms with Gasteiger partial charge in [0.25, 0.3) is 0 Å².